The predicted molar refractivity (Wildman–Crippen MR) is 77.6 cm³/mol. The maximum Gasteiger partial charge on any atom is 0.267 e. The molecule has 1 aromatic rings. The number of carbonyl (C=O) groups excluding carboxylic acids is 1. The fraction of sp³-hybridized carbons (Fsp3) is 0.500. The molecule has 6 heteroatoms. The van der Waals surface area contributed by atoms with Crippen LogP contribution in [-0.4, -0.2) is 49.2 Å². The third-order valence-corrected chi connectivity index (χ3v) is 3.51. The normalized spacial score (nSPS) is 24.8. The predicted octanol–water partition coefficient (Wildman–Crippen LogP) is 1.07. The maximum absolute atomic E-state index is 12.5. The minimum Gasteiger partial charge on any atom is -0.482 e. The molecule has 1 aromatic carbocycles. The van der Waals surface area contributed by atoms with Crippen molar-refractivity contribution in [1.29, 1.82) is 0 Å². The molecule has 0 aliphatic carbocycles. The van der Waals surface area contributed by atoms with Crippen LogP contribution in [-0.2, 0) is 4.79 Å². The number of ether oxygens (including phenoxy) is 2. The maximum atomic E-state index is 12.5. The molecule has 0 saturated carbocycles. The van der Waals surface area contributed by atoms with E-state index in [2.05, 4.69) is 5.32 Å². The molecule has 0 aromatic heterocycles. The third kappa shape index (κ3) is 2.83. The lowest BCUT2D eigenvalue weighted by Gasteiger charge is -2.36. The molecule has 5 nitrogen and oxygen atoms in total. The molecule has 2 unspecified atom stereocenters. The second-order valence-electron chi connectivity index (χ2n) is 4.88. The van der Waals surface area contributed by atoms with Gasteiger partial charge in [0.15, 0.2) is 11.5 Å². The number of para-hydroxylation sites is 2. The third-order valence-electron chi connectivity index (χ3n) is 3.51. The number of hydrogen-bond acceptors (Lipinski definition) is 4. The van der Waals surface area contributed by atoms with Gasteiger partial charge in [-0.25, -0.2) is 0 Å². The van der Waals surface area contributed by atoms with Gasteiger partial charge in [0.1, 0.15) is 6.10 Å². The monoisotopic (exact) mass is 298 g/mol. The van der Waals surface area contributed by atoms with Crippen molar-refractivity contribution >= 4 is 18.3 Å². The van der Waals surface area contributed by atoms with Crippen LogP contribution < -0.4 is 14.8 Å². The van der Waals surface area contributed by atoms with Crippen LogP contribution in [0.4, 0.5) is 0 Å². The molecule has 2 aliphatic rings. The molecule has 1 amide bonds. The Kier molecular flexibility index (Phi) is 4.73. The van der Waals surface area contributed by atoms with Crippen molar-refractivity contribution in [3.8, 4) is 11.5 Å². The average molecular weight is 299 g/mol. The number of rotatable bonds is 1. The molecule has 2 atom stereocenters. The van der Waals surface area contributed by atoms with Gasteiger partial charge in [0.2, 0.25) is 6.10 Å². The van der Waals surface area contributed by atoms with E-state index in [1.165, 1.54) is 0 Å². The fourth-order valence-corrected chi connectivity index (χ4v) is 2.46. The van der Waals surface area contributed by atoms with E-state index < -0.39 is 6.10 Å². The Morgan fingerprint density at radius 3 is 2.45 bits per heavy atom. The molecule has 1 saturated heterocycles. The second kappa shape index (κ2) is 6.33. The number of hydrogen-bond donors (Lipinski definition) is 1. The van der Waals surface area contributed by atoms with Gasteiger partial charge in [-0.1, -0.05) is 12.1 Å². The van der Waals surface area contributed by atoms with Gasteiger partial charge in [-0.3, -0.25) is 4.79 Å². The van der Waals surface area contributed by atoms with Crippen LogP contribution in [0, 0.1) is 0 Å². The number of fused-ring (bicyclic) bond motifs is 1. The summed E-state index contributed by atoms with van der Waals surface area (Å²) in [6.45, 7) is 5.01. The van der Waals surface area contributed by atoms with Crippen molar-refractivity contribution in [1.82, 2.24) is 10.2 Å². The molecule has 1 N–H and O–H groups in total. The lowest BCUT2D eigenvalue weighted by molar-refractivity contribution is -0.144. The van der Waals surface area contributed by atoms with Crippen molar-refractivity contribution < 1.29 is 14.3 Å². The smallest absolute Gasteiger partial charge is 0.267 e. The molecule has 20 heavy (non-hydrogen) atoms. The number of nitrogens with one attached hydrogen (secondary N) is 1. The van der Waals surface area contributed by atoms with Crippen molar-refractivity contribution in [3.63, 3.8) is 0 Å². The molecule has 0 radical (unpaired) electrons. The van der Waals surface area contributed by atoms with E-state index in [9.17, 15) is 4.79 Å². The van der Waals surface area contributed by atoms with E-state index in [0.717, 1.165) is 26.2 Å². The molecule has 110 valence electrons. The molecule has 1 fully saturated rings. The SMILES string of the molecule is CC1Oc2ccccc2OC1C(=O)N1CCNCC1.Cl. The molecule has 0 bridgehead atoms. The highest BCUT2D eigenvalue weighted by Crippen LogP contribution is 2.33. The fourth-order valence-electron chi connectivity index (χ4n) is 2.46. The van der Waals surface area contributed by atoms with Crippen LogP contribution in [0.15, 0.2) is 24.3 Å². The first kappa shape index (κ1) is 14.9. The Morgan fingerprint density at radius 1 is 1.20 bits per heavy atom. The average Bonchev–Trinajstić information content (AvgIpc) is 2.47. The Morgan fingerprint density at radius 2 is 1.80 bits per heavy atom. The van der Waals surface area contributed by atoms with Crippen molar-refractivity contribution in [3.05, 3.63) is 24.3 Å². The summed E-state index contributed by atoms with van der Waals surface area (Å²) in [5, 5.41) is 3.23. The summed E-state index contributed by atoms with van der Waals surface area (Å²) in [5.74, 6) is 1.37. The highest BCUT2D eigenvalue weighted by atomic mass is 35.5. The molecular weight excluding hydrogens is 280 g/mol. The number of nitrogens with zero attached hydrogens (tertiary/aromatic N) is 1. The van der Waals surface area contributed by atoms with Crippen LogP contribution in [0.1, 0.15) is 6.92 Å². The first-order valence-electron chi connectivity index (χ1n) is 6.67. The Balaban J connectivity index is 0.00000147. The van der Waals surface area contributed by atoms with Gasteiger partial charge in [0.25, 0.3) is 5.91 Å². The number of carbonyl (C=O) groups is 1. The standard InChI is InChI=1S/C14H18N2O3.ClH/c1-10-13(14(17)16-8-6-15-7-9-16)19-12-5-3-2-4-11(12)18-10;/h2-5,10,13,15H,6-9H2,1H3;1H. The summed E-state index contributed by atoms with van der Waals surface area (Å²) in [4.78, 5) is 14.3. The molecule has 3 rings (SSSR count). The topological polar surface area (TPSA) is 50.8 Å². The summed E-state index contributed by atoms with van der Waals surface area (Å²) in [6.07, 6.45) is -0.815. The van der Waals surface area contributed by atoms with E-state index in [0.29, 0.717) is 11.5 Å². The van der Waals surface area contributed by atoms with Gasteiger partial charge < -0.3 is 19.7 Å². The van der Waals surface area contributed by atoms with Gasteiger partial charge >= 0.3 is 0 Å². The number of benzene rings is 1. The van der Waals surface area contributed by atoms with Crippen LogP contribution in [0.25, 0.3) is 0 Å². The van der Waals surface area contributed by atoms with Gasteiger partial charge in [-0.05, 0) is 19.1 Å². The zero-order chi connectivity index (χ0) is 13.2. The quantitative estimate of drug-likeness (QED) is 0.843. The van der Waals surface area contributed by atoms with Crippen molar-refractivity contribution in [2.75, 3.05) is 26.2 Å². The zero-order valence-electron chi connectivity index (χ0n) is 11.4. The first-order valence-corrected chi connectivity index (χ1v) is 6.67. The molecular formula is C14H19ClN2O3. The Bertz CT molecular complexity index is 477. The van der Waals surface area contributed by atoms with Crippen molar-refractivity contribution in [2.24, 2.45) is 0 Å². The van der Waals surface area contributed by atoms with E-state index in [1.807, 2.05) is 36.1 Å². The number of piperazine rings is 1. The van der Waals surface area contributed by atoms with E-state index in [1.54, 1.807) is 0 Å². The molecule has 0 spiro atoms. The molecule has 2 heterocycles. The van der Waals surface area contributed by atoms with Gasteiger partial charge in [0.05, 0.1) is 0 Å². The lowest BCUT2D eigenvalue weighted by Crippen LogP contribution is -2.55. The second-order valence-corrected chi connectivity index (χ2v) is 4.88. The zero-order valence-corrected chi connectivity index (χ0v) is 12.2. The Labute approximate surface area is 124 Å². The largest absolute Gasteiger partial charge is 0.482 e. The molecule has 2 aliphatic heterocycles. The summed E-state index contributed by atoms with van der Waals surface area (Å²) in [7, 11) is 0. The summed E-state index contributed by atoms with van der Waals surface area (Å²) in [6, 6.07) is 7.47. The van der Waals surface area contributed by atoms with Crippen molar-refractivity contribution in [2.45, 2.75) is 19.1 Å². The first-order chi connectivity index (χ1) is 9.25. The number of amides is 1. The van der Waals surface area contributed by atoms with Crippen LogP contribution in [0.2, 0.25) is 0 Å². The number of halogens is 1. The van der Waals surface area contributed by atoms with E-state index in [-0.39, 0.29) is 24.4 Å². The van der Waals surface area contributed by atoms with Crippen LogP contribution in [0.3, 0.4) is 0 Å². The van der Waals surface area contributed by atoms with Crippen LogP contribution >= 0.6 is 12.4 Å². The highest BCUT2D eigenvalue weighted by Gasteiger charge is 2.36. The van der Waals surface area contributed by atoms with Crippen LogP contribution in [0.5, 0.6) is 11.5 Å². The summed E-state index contributed by atoms with van der Waals surface area (Å²) >= 11 is 0. The Hall–Kier alpha value is -1.46. The van der Waals surface area contributed by atoms with Gasteiger partial charge in [0, 0.05) is 26.2 Å². The lowest BCUT2D eigenvalue weighted by atomic mass is 10.1. The van der Waals surface area contributed by atoms with Gasteiger partial charge in [-0.2, -0.15) is 0 Å². The van der Waals surface area contributed by atoms with E-state index >= 15 is 0 Å². The summed E-state index contributed by atoms with van der Waals surface area (Å²) in [5.41, 5.74) is 0. The minimum absolute atomic E-state index is 0. The highest BCUT2D eigenvalue weighted by molar-refractivity contribution is 5.85. The summed E-state index contributed by atoms with van der Waals surface area (Å²) < 4.78 is 11.6. The van der Waals surface area contributed by atoms with E-state index in [4.69, 9.17) is 9.47 Å². The van der Waals surface area contributed by atoms with Gasteiger partial charge in [-0.15, -0.1) is 12.4 Å². The minimum atomic E-state index is -0.548.